The van der Waals surface area contributed by atoms with Crippen molar-refractivity contribution in [2.45, 2.75) is 24.8 Å². The van der Waals surface area contributed by atoms with Crippen molar-refractivity contribution in [1.29, 1.82) is 0 Å². The van der Waals surface area contributed by atoms with Gasteiger partial charge in [0.2, 0.25) is 0 Å². The molecule has 0 aromatic carbocycles. The summed E-state index contributed by atoms with van der Waals surface area (Å²) in [6.07, 6.45) is 2.01. The zero-order valence-electron chi connectivity index (χ0n) is 11.4. The molecular weight excluding hydrogens is 268 g/mol. The average Bonchev–Trinajstić information content (AvgIpc) is 2.65. The number of methoxy groups -OCH3 is 1. The highest BCUT2D eigenvalue weighted by Crippen LogP contribution is 2.31. The zero-order valence-corrected chi connectivity index (χ0v) is 12.2. The van der Waals surface area contributed by atoms with Crippen LogP contribution in [0.15, 0.2) is 0 Å². The predicted molar refractivity (Wildman–Crippen MR) is 71.7 cm³/mol. The van der Waals surface area contributed by atoms with Crippen molar-refractivity contribution in [2.75, 3.05) is 44.8 Å². The molecular formula is C12H22N2O4S. The summed E-state index contributed by atoms with van der Waals surface area (Å²) in [4.78, 5) is 14.2. The molecule has 7 heteroatoms. The first-order valence-electron chi connectivity index (χ1n) is 6.75. The maximum Gasteiger partial charge on any atom is 0.327 e. The highest BCUT2D eigenvalue weighted by molar-refractivity contribution is 7.91. The third kappa shape index (κ3) is 3.09. The first-order valence-corrected chi connectivity index (χ1v) is 8.57. The van der Waals surface area contributed by atoms with Crippen LogP contribution in [0.1, 0.15) is 19.3 Å². The fourth-order valence-electron chi connectivity index (χ4n) is 3.10. The largest absolute Gasteiger partial charge is 0.468 e. The van der Waals surface area contributed by atoms with Crippen molar-refractivity contribution in [3.05, 3.63) is 0 Å². The number of carbonyl (C=O) groups excluding carboxylic acids is 1. The van der Waals surface area contributed by atoms with E-state index in [2.05, 4.69) is 5.32 Å². The Labute approximate surface area is 114 Å². The summed E-state index contributed by atoms with van der Waals surface area (Å²) in [5.74, 6) is -0.331. The van der Waals surface area contributed by atoms with E-state index in [1.807, 2.05) is 4.90 Å². The molecule has 0 aliphatic carbocycles. The van der Waals surface area contributed by atoms with Gasteiger partial charge < -0.3 is 10.1 Å². The normalized spacial score (nSPS) is 32.5. The van der Waals surface area contributed by atoms with Crippen molar-refractivity contribution in [3.8, 4) is 0 Å². The molecule has 110 valence electrons. The Kier molecular flexibility index (Phi) is 4.47. The fourth-order valence-corrected chi connectivity index (χ4v) is 5.00. The van der Waals surface area contributed by atoms with Crippen LogP contribution in [0.3, 0.4) is 0 Å². The molecule has 0 bridgehead atoms. The smallest absolute Gasteiger partial charge is 0.327 e. The van der Waals surface area contributed by atoms with Gasteiger partial charge in [-0.25, -0.2) is 8.42 Å². The van der Waals surface area contributed by atoms with Gasteiger partial charge in [-0.15, -0.1) is 0 Å². The van der Waals surface area contributed by atoms with E-state index in [1.165, 1.54) is 7.11 Å². The minimum atomic E-state index is -3.17. The molecule has 0 radical (unpaired) electrons. The second kappa shape index (κ2) is 5.76. The van der Waals surface area contributed by atoms with Gasteiger partial charge in [0.1, 0.15) is 5.54 Å². The fraction of sp³-hybridized carbons (Fsp3) is 0.917. The van der Waals surface area contributed by atoms with Crippen molar-refractivity contribution in [2.24, 2.45) is 0 Å². The summed E-state index contributed by atoms with van der Waals surface area (Å²) in [5.41, 5.74) is -0.974. The van der Waals surface area contributed by atoms with E-state index < -0.39 is 21.3 Å². The molecule has 0 saturated carbocycles. The van der Waals surface area contributed by atoms with Crippen molar-refractivity contribution in [1.82, 2.24) is 10.2 Å². The monoisotopic (exact) mass is 290 g/mol. The summed E-state index contributed by atoms with van der Waals surface area (Å²) in [5, 5.41) is 3.27. The van der Waals surface area contributed by atoms with Gasteiger partial charge in [0.15, 0.2) is 9.84 Å². The highest BCUT2D eigenvalue weighted by Gasteiger charge is 2.50. The van der Waals surface area contributed by atoms with Gasteiger partial charge in [0.25, 0.3) is 0 Å². The number of rotatable bonds is 2. The predicted octanol–water partition coefficient (Wildman–Crippen LogP) is -0.598. The van der Waals surface area contributed by atoms with Crippen LogP contribution < -0.4 is 5.32 Å². The standard InChI is InChI=1S/C12H22N2O4S/c1-18-11(15)12(4-2-9-19(16,17)10-12)14-7-3-5-13-6-8-14/h13H,2-10H2,1H3. The first kappa shape index (κ1) is 14.7. The lowest BCUT2D eigenvalue weighted by molar-refractivity contribution is -0.154. The van der Waals surface area contributed by atoms with Gasteiger partial charge in [0.05, 0.1) is 18.6 Å². The van der Waals surface area contributed by atoms with E-state index in [1.54, 1.807) is 0 Å². The van der Waals surface area contributed by atoms with Gasteiger partial charge >= 0.3 is 5.97 Å². The molecule has 0 aromatic rings. The van der Waals surface area contributed by atoms with E-state index in [0.717, 1.165) is 26.1 Å². The lowest BCUT2D eigenvalue weighted by atomic mass is 9.92. The number of carbonyl (C=O) groups is 1. The molecule has 0 spiro atoms. The van der Waals surface area contributed by atoms with Crippen molar-refractivity contribution < 1.29 is 17.9 Å². The van der Waals surface area contributed by atoms with Crippen LogP contribution in [0.25, 0.3) is 0 Å². The Morgan fingerprint density at radius 2 is 2.05 bits per heavy atom. The van der Waals surface area contributed by atoms with Crippen LogP contribution >= 0.6 is 0 Å². The maximum absolute atomic E-state index is 12.2. The topological polar surface area (TPSA) is 75.7 Å². The van der Waals surface area contributed by atoms with Gasteiger partial charge in [-0.05, 0) is 25.8 Å². The molecule has 2 saturated heterocycles. The molecule has 1 atom stereocenters. The lowest BCUT2D eigenvalue weighted by Gasteiger charge is -2.42. The number of hydrogen-bond donors (Lipinski definition) is 1. The van der Waals surface area contributed by atoms with Gasteiger partial charge in [-0.3, -0.25) is 9.69 Å². The Morgan fingerprint density at radius 1 is 1.26 bits per heavy atom. The molecule has 2 fully saturated rings. The third-order valence-electron chi connectivity index (χ3n) is 4.02. The van der Waals surface area contributed by atoms with Crippen LogP contribution in [0, 0.1) is 0 Å². The Morgan fingerprint density at radius 3 is 2.74 bits per heavy atom. The number of ether oxygens (including phenoxy) is 1. The summed E-state index contributed by atoms with van der Waals surface area (Å²) in [6, 6.07) is 0. The second-order valence-electron chi connectivity index (χ2n) is 5.31. The molecule has 2 aliphatic rings. The summed E-state index contributed by atoms with van der Waals surface area (Å²) >= 11 is 0. The van der Waals surface area contributed by atoms with Crippen molar-refractivity contribution >= 4 is 15.8 Å². The van der Waals surface area contributed by atoms with E-state index in [9.17, 15) is 13.2 Å². The average molecular weight is 290 g/mol. The first-order chi connectivity index (χ1) is 9.00. The van der Waals surface area contributed by atoms with Gasteiger partial charge in [-0.2, -0.15) is 0 Å². The van der Waals surface area contributed by atoms with E-state index in [-0.39, 0.29) is 11.5 Å². The second-order valence-corrected chi connectivity index (χ2v) is 7.49. The number of esters is 1. The van der Waals surface area contributed by atoms with Crippen LogP contribution in [0.5, 0.6) is 0 Å². The van der Waals surface area contributed by atoms with E-state index in [4.69, 9.17) is 4.74 Å². The Balaban J connectivity index is 2.30. The number of nitrogens with one attached hydrogen (secondary N) is 1. The Hall–Kier alpha value is -0.660. The SMILES string of the molecule is COC(=O)C1(N2CCCNCC2)CCCS(=O)(=O)C1. The van der Waals surface area contributed by atoms with Gasteiger partial charge in [-0.1, -0.05) is 0 Å². The molecule has 2 rings (SSSR count). The van der Waals surface area contributed by atoms with Crippen molar-refractivity contribution in [3.63, 3.8) is 0 Å². The summed E-state index contributed by atoms with van der Waals surface area (Å²) < 4.78 is 28.8. The highest BCUT2D eigenvalue weighted by atomic mass is 32.2. The molecule has 2 aliphatic heterocycles. The number of hydrogen-bond acceptors (Lipinski definition) is 6. The van der Waals surface area contributed by atoms with Crippen LogP contribution in [-0.2, 0) is 19.4 Å². The molecule has 19 heavy (non-hydrogen) atoms. The molecule has 0 amide bonds. The van der Waals surface area contributed by atoms with Crippen LogP contribution in [0.2, 0.25) is 0 Å². The maximum atomic E-state index is 12.2. The number of sulfone groups is 1. The van der Waals surface area contributed by atoms with Gasteiger partial charge in [0, 0.05) is 19.6 Å². The lowest BCUT2D eigenvalue weighted by Crippen LogP contribution is -2.62. The summed E-state index contributed by atoms with van der Waals surface area (Å²) in [6.45, 7) is 3.10. The molecule has 6 nitrogen and oxygen atoms in total. The third-order valence-corrected chi connectivity index (χ3v) is 5.84. The Bertz CT molecular complexity index is 429. The molecule has 1 N–H and O–H groups in total. The molecule has 2 heterocycles. The van der Waals surface area contributed by atoms with E-state index in [0.29, 0.717) is 19.4 Å². The summed E-state index contributed by atoms with van der Waals surface area (Å²) in [7, 11) is -1.83. The van der Waals surface area contributed by atoms with Crippen LogP contribution in [-0.4, -0.2) is 69.6 Å². The number of nitrogens with zero attached hydrogens (tertiary/aromatic N) is 1. The zero-order chi connectivity index (χ0) is 13.9. The minimum absolute atomic E-state index is 0.104. The van der Waals surface area contributed by atoms with E-state index >= 15 is 0 Å². The minimum Gasteiger partial charge on any atom is -0.468 e. The van der Waals surface area contributed by atoms with Crippen LogP contribution in [0.4, 0.5) is 0 Å². The molecule has 1 unspecified atom stereocenters. The molecule has 0 aromatic heterocycles. The quantitative estimate of drug-likeness (QED) is 0.685.